The summed E-state index contributed by atoms with van der Waals surface area (Å²) in [6.07, 6.45) is 9.48. The van der Waals surface area contributed by atoms with Crippen LogP contribution in [0.25, 0.3) is 10.9 Å². The zero-order chi connectivity index (χ0) is 24.8. The molecule has 1 aromatic heterocycles. The lowest BCUT2D eigenvalue weighted by atomic mass is 9.71. The lowest BCUT2D eigenvalue weighted by Crippen LogP contribution is -2.42. The number of benzene rings is 1. The van der Waals surface area contributed by atoms with Crippen LogP contribution in [0.4, 0.5) is 8.78 Å². The van der Waals surface area contributed by atoms with E-state index in [4.69, 9.17) is 4.74 Å². The number of carbonyl (C=O) groups is 1. The third-order valence-electron chi connectivity index (χ3n) is 8.33. The van der Waals surface area contributed by atoms with Gasteiger partial charge >= 0.3 is 5.97 Å². The molecule has 0 unspecified atom stereocenters. The predicted octanol–water partition coefficient (Wildman–Crippen LogP) is 6.70. The van der Waals surface area contributed by atoms with Crippen molar-refractivity contribution < 1.29 is 23.4 Å². The molecule has 2 aromatic rings. The molecule has 0 radical (unpaired) electrons. The molecular weight excluding hydrogens is 450 g/mol. The van der Waals surface area contributed by atoms with Crippen LogP contribution in [0.3, 0.4) is 0 Å². The SMILES string of the molecule is COc1ccc2ncc(F)c([C@@H](F)CCC3(CC(=O)O)CCN(CCC4CCCCC4)CC3)c2c1. The second-order valence-corrected chi connectivity index (χ2v) is 10.6. The van der Waals surface area contributed by atoms with Gasteiger partial charge in [0.1, 0.15) is 17.7 Å². The number of carboxylic acid groups (broad SMARTS) is 1. The van der Waals surface area contributed by atoms with Crippen LogP contribution in [0.2, 0.25) is 0 Å². The molecule has 4 rings (SSSR count). The topological polar surface area (TPSA) is 62.7 Å². The highest BCUT2D eigenvalue weighted by Crippen LogP contribution is 2.43. The molecule has 7 heteroatoms. The van der Waals surface area contributed by atoms with Gasteiger partial charge in [-0.05, 0) is 81.3 Å². The van der Waals surface area contributed by atoms with Crippen molar-refractivity contribution in [3.8, 4) is 5.75 Å². The summed E-state index contributed by atoms with van der Waals surface area (Å²) in [7, 11) is 1.51. The fourth-order valence-electron chi connectivity index (χ4n) is 6.12. The zero-order valence-electron chi connectivity index (χ0n) is 20.8. The van der Waals surface area contributed by atoms with Crippen molar-refractivity contribution in [3.05, 3.63) is 35.8 Å². The molecule has 5 nitrogen and oxygen atoms in total. The number of ether oxygens (including phenoxy) is 1. The molecule has 1 aromatic carbocycles. The molecule has 1 aliphatic carbocycles. The van der Waals surface area contributed by atoms with Crippen molar-refractivity contribution in [1.82, 2.24) is 9.88 Å². The van der Waals surface area contributed by atoms with E-state index < -0.39 is 23.4 Å². The summed E-state index contributed by atoms with van der Waals surface area (Å²) in [6.45, 7) is 2.76. The van der Waals surface area contributed by atoms with Crippen molar-refractivity contribution in [3.63, 3.8) is 0 Å². The first kappa shape index (κ1) is 25.8. The fraction of sp³-hybridized carbons (Fsp3) is 0.643. The van der Waals surface area contributed by atoms with E-state index in [9.17, 15) is 14.3 Å². The van der Waals surface area contributed by atoms with Gasteiger partial charge in [-0.2, -0.15) is 0 Å². The summed E-state index contributed by atoms with van der Waals surface area (Å²) in [5.74, 6) is -0.184. The Morgan fingerprint density at radius 3 is 2.69 bits per heavy atom. The quantitative estimate of drug-likeness (QED) is 0.403. The number of fused-ring (bicyclic) bond motifs is 1. The summed E-state index contributed by atoms with van der Waals surface area (Å²) in [5.41, 5.74) is 0.0507. The molecule has 1 aliphatic heterocycles. The van der Waals surface area contributed by atoms with Crippen LogP contribution < -0.4 is 4.74 Å². The Hall–Kier alpha value is -2.28. The number of halogens is 2. The number of methoxy groups -OCH3 is 1. The number of pyridine rings is 1. The summed E-state index contributed by atoms with van der Waals surface area (Å²) >= 11 is 0. The lowest BCUT2D eigenvalue weighted by molar-refractivity contribution is -0.141. The molecule has 2 fully saturated rings. The van der Waals surface area contributed by atoms with Crippen LogP contribution in [-0.2, 0) is 4.79 Å². The Balaban J connectivity index is 1.40. The van der Waals surface area contributed by atoms with E-state index in [1.54, 1.807) is 18.2 Å². The largest absolute Gasteiger partial charge is 0.497 e. The molecule has 1 N–H and O–H groups in total. The van der Waals surface area contributed by atoms with Gasteiger partial charge in [0, 0.05) is 10.9 Å². The molecule has 1 atom stereocenters. The summed E-state index contributed by atoms with van der Waals surface area (Å²) in [6, 6.07) is 5.03. The van der Waals surface area contributed by atoms with E-state index >= 15 is 4.39 Å². The molecule has 2 heterocycles. The van der Waals surface area contributed by atoms with Crippen molar-refractivity contribution in [2.45, 2.75) is 76.8 Å². The van der Waals surface area contributed by atoms with Gasteiger partial charge in [0.15, 0.2) is 0 Å². The van der Waals surface area contributed by atoms with E-state index in [-0.39, 0.29) is 18.4 Å². The second-order valence-electron chi connectivity index (χ2n) is 10.6. The van der Waals surface area contributed by atoms with E-state index in [1.165, 1.54) is 45.6 Å². The van der Waals surface area contributed by atoms with Crippen LogP contribution >= 0.6 is 0 Å². The van der Waals surface area contributed by atoms with Crippen LogP contribution in [0.1, 0.15) is 82.4 Å². The molecule has 1 saturated heterocycles. The molecule has 0 spiro atoms. The number of aromatic nitrogens is 1. The first-order chi connectivity index (χ1) is 16.9. The van der Waals surface area contributed by atoms with E-state index in [0.29, 0.717) is 23.1 Å². The number of hydrogen-bond donors (Lipinski definition) is 1. The molecule has 2 aliphatic rings. The van der Waals surface area contributed by atoms with Gasteiger partial charge in [-0.1, -0.05) is 32.1 Å². The van der Waals surface area contributed by atoms with Crippen LogP contribution in [0.5, 0.6) is 5.75 Å². The lowest BCUT2D eigenvalue weighted by Gasteiger charge is -2.42. The fourth-order valence-corrected chi connectivity index (χ4v) is 6.12. The molecular formula is C28H38F2N2O3. The molecule has 35 heavy (non-hydrogen) atoms. The summed E-state index contributed by atoms with van der Waals surface area (Å²) in [5, 5.41) is 10.0. The van der Waals surface area contributed by atoms with Gasteiger partial charge in [0.25, 0.3) is 0 Å². The highest BCUT2D eigenvalue weighted by Gasteiger charge is 2.37. The van der Waals surface area contributed by atoms with E-state index in [1.807, 2.05) is 0 Å². The number of alkyl halides is 1. The molecule has 0 bridgehead atoms. The van der Waals surface area contributed by atoms with Gasteiger partial charge in [-0.15, -0.1) is 0 Å². The molecule has 0 amide bonds. The first-order valence-corrected chi connectivity index (χ1v) is 13.1. The predicted molar refractivity (Wildman–Crippen MR) is 133 cm³/mol. The second kappa shape index (κ2) is 11.6. The normalized spacial score (nSPS) is 20.1. The Kier molecular flexibility index (Phi) is 8.58. The van der Waals surface area contributed by atoms with Crippen LogP contribution in [0.15, 0.2) is 24.4 Å². The van der Waals surface area contributed by atoms with Gasteiger partial charge in [-0.25, -0.2) is 8.78 Å². The number of likely N-dealkylation sites (tertiary alicyclic amines) is 1. The maximum Gasteiger partial charge on any atom is 0.303 e. The van der Waals surface area contributed by atoms with Gasteiger partial charge in [0.05, 0.1) is 25.2 Å². The maximum atomic E-state index is 15.6. The maximum absolute atomic E-state index is 15.6. The highest BCUT2D eigenvalue weighted by atomic mass is 19.1. The average molecular weight is 489 g/mol. The average Bonchev–Trinajstić information content (AvgIpc) is 2.87. The first-order valence-electron chi connectivity index (χ1n) is 13.1. The number of hydrogen-bond acceptors (Lipinski definition) is 4. The highest BCUT2D eigenvalue weighted by molar-refractivity contribution is 5.84. The Morgan fingerprint density at radius 2 is 2.00 bits per heavy atom. The van der Waals surface area contributed by atoms with Gasteiger partial charge in [-0.3, -0.25) is 9.78 Å². The van der Waals surface area contributed by atoms with Crippen LogP contribution in [-0.4, -0.2) is 47.7 Å². The Morgan fingerprint density at radius 1 is 1.26 bits per heavy atom. The Labute approximate surface area is 206 Å². The minimum absolute atomic E-state index is 0.00991. The number of aliphatic carboxylic acids is 1. The minimum Gasteiger partial charge on any atom is -0.497 e. The summed E-state index contributed by atoms with van der Waals surface area (Å²) in [4.78, 5) is 18.2. The number of carboxylic acids is 1. The van der Waals surface area contributed by atoms with E-state index in [0.717, 1.165) is 44.6 Å². The van der Waals surface area contributed by atoms with Crippen molar-refractivity contribution in [2.24, 2.45) is 11.3 Å². The summed E-state index contributed by atoms with van der Waals surface area (Å²) < 4.78 is 35.5. The third-order valence-corrected chi connectivity index (χ3v) is 8.33. The van der Waals surface area contributed by atoms with E-state index in [2.05, 4.69) is 9.88 Å². The minimum atomic E-state index is -1.54. The van der Waals surface area contributed by atoms with Crippen molar-refractivity contribution >= 4 is 16.9 Å². The van der Waals surface area contributed by atoms with Crippen LogP contribution in [0, 0.1) is 17.2 Å². The molecule has 192 valence electrons. The van der Waals surface area contributed by atoms with Gasteiger partial charge in [0.2, 0.25) is 0 Å². The van der Waals surface area contributed by atoms with Gasteiger partial charge < -0.3 is 14.7 Å². The monoisotopic (exact) mass is 488 g/mol. The standard InChI is InChI=1S/C28H38F2N2O3/c1-35-21-7-8-25-22(17-21)27(24(30)19-31-25)23(29)9-11-28(18-26(33)34)12-15-32(16-13-28)14-10-20-5-3-2-4-6-20/h7-8,17,19-20,23H,2-6,9-16,18H2,1H3,(H,33,34)/t23-/m0/s1. The number of piperidine rings is 1. The van der Waals surface area contributed by atoms with Crippen molar-refractivity contribution in [2.75, 3.05) is 26.7 Å². The zero-order valence-corrected chi connectivity index (χ0v) is 20.8. The smallest absolute Gasteiger partial charge is 0.303 e. The molecule has 1 saturated carbocycles. The number of nitrogens with zero attached hydrogens (tertiary/aromatic N) is 2. The third kappa shape index (κ3) is 6.49. The number of rotatable bonds is 10. The Bertz CT molecular complexity index is 1000. The van der Waals surface area contributed by atoms with Crippen molar-refractivity contribution in [1.29, 1.82) is 0 Å².